The van der Waals surface area contributed by atoms with E-state index in [1.165, 1.54) is 82.3 Å². The molecule has 1 spiro atoms. The molecular formula is C18H31N5. The fourth-order valence-corrected chi connectivity index (χ4v) is 5.22. The molecule has 5 heteroatoms. The number of fused-ring (bicyclic) bond motifs is 2. The minimum atomic E-state index is 0.328. The fraction of sp³-hybridized carbons (Fsp3) is 0.833. The summed E-state index contributed by atoms with van der Waals surface area (Å²) in [5.74, 6) is 1.81. The lowest BCUT2D eigenvalue weighted by molar-refractivity contribution is 0.194. The highest BCUT2D eigenvalue weighted by Gasteiger charge is 2.47. The standard InChI is InChI=1S/C18H31N5/c1-23-11-6-13(7-12-23)20-16-14-5-4-10-18(8-2-3-9-18)15(14)21-17(19)22-16/h13,15,20H,2-12H2,1H3,(H3,19,21,22). The van der Waals surface area contributed by atoms with Crippen LogP contribution in [-0.4, -0.2) is 43.1 Å². The summed E-state index contributed by atoms with van der Waals surface area (Å²) < 4.78 is 0. The SMILES string of the molecule is CN1CCC(NC2=C3CCCC4(CCCC4)C3N=C(N)N2)CC1. The van der Waals surface area contributed by atoms with Crippen LogP contribution in [0.25, 0.3) is 0 Å². The van der Waals surface area contributed by atoms with E-state index in [0.29, 0.717) is 23.5 Å². The Bertz CT molecular complexity index is 510. The lowest BCUT2D eigenvalue weighted by atomic mass is 9.67. The fourth-order valence-electron chi connectivity index (χ4n) is 5.22. The molecule has 4 rings (SSSR count). The molecule has 0 bridgehead atoms. The number of hydrogen-bond acceptors (Lipinski definition) is 5. The monoisotopic (exact) mass is 317 g/mol. The van der Waals surface area contributed by atoms with Gasteiger partial charge in [0, 0.05) is 6.04 Å². The molecule has 1 saturated heterocycles. The topological polar surface area (TPSA) is 65.7 Å². The van der Waals surface area contributed by atoms with Crippen molar-refractivity contribution in [2.75, 3.05) is 20.1 Å². The molecule has 0 amide bonds. The minimum Gasteiger partial charge on any atom is -0.370 e. The summed E-state index contributed by atoms with van der Waals surface area (Å²) in [5.41, 5.74) is 8.08. The first kappa shape index (κ1) is 15.3. The summed E-state index contributed by atoms with van der Waals surface area (Å²) >= 11 is 0. The van der Waals surface area contributed by atoms with Crippen LogP contribution in [-0.2, 0) is 0 Å². The largest absolute Gasteiger partial charge is 0.370 e. The summed E-state index contributed by atoms with van der Waals surface area (Å²) in [4.78, 5) is 7.29. The molecule has 0 radical (unpaired) electrons. The van der Waals surface area contributed by atoms with Crippen molar-refractivity contribution in [3.05, 3.63) is 11.4 Å². The van der Waals surface area contributed by atoms with E-state index in [1.807, 2.05) is 0 Å². The van der Waals surface area contributed by atoms with E-state index < -0.39 is 0 Å². The molecule has 2 saturated carbocycles. The summed E-state index contributed by atoms with van der Waals surface area (Å²) in [6, 6.07) is 0.892. The average molecular weight is 317 g/mol. The van der Waals surface area contributed by atoms with E-state index >= 15 is 0 Å². The molecule has 128 valence electrons. The van der Waals surface area contributed by atoms with Crippen LogP contribution in [0.2, 0.25) is 0 Å². The van der Waals surface area contributed by atoms with Crippen LogP contribution in [0.4, 0.5) is 0 Å². The average Bonchev–Trinajstić information content (AvgIpc) is 3.00. The van der Waals surface area contributed by atoms with Crippen molar-refractivity contribution in [3.8, 4) is 0 Å². The summed E-state index contributed by atoms with van der Waals surface area (Å²) in [6.45, 7) is 2.36. The quantitative estimate of drug-likeness (QED) is 0.728. The molecule has 4 N–H and O–H groups in total. The highest BCUT2D eigenvalue weighted by Crippen LogP contribution is 2.52. The van der Waals surface area contributed by atoms with Gasteiger partial charge in [-0.05, 0) is 76.1 Å². The predicted molar refractivity (Wildman–Crippen MR) is 94.0 cm³/mol. The molecule has 2 aliphatic carbocycles. The van der Waals surface area contributed by atoms with Gasteiger partial charge in [-0.1, -0.05) is 12.8 Å². The van der Waals surface area contributed by atoms with Gasteiger partial charge in [-0.15, -0.1) is 0 Å². The van der Waals surface area contributed by atoms with Crippen molar-refractivity contribution < 1.29 is 0 Å². The van der Waals surface area contributed by atoms with Crippen LogP contribution < -0.4 is 16.4 Å². The van der Waals surface area contributed by atoms with E-state index in [1.54, 1.807) is 0 Å². The number of nitrogens with one attached hydrogen (secondary N) is 2. The van der Waals surface area contributed by atoms with Gasteiger partial charge in [-0.25, -0.2) is 4.99 Å². The normalized spacial score (nSPS) is 31.7. The third-order valence-electron chi connectivity index (χ3n) is 6.54. The Hall–Kier alpha value is -1.23. The lowest BCUT2D eigenvalue weighted by Crippen LogP contribution is -2.51. The predicted octanol–water partition coefficient (Wildman–Crippen LogP) is 1.91. The van der Waals surface area contributed by atoms with Crippen molar-refractivity contribution in [1.29, 1.82) is 0 Å². The maximum absolute atomic E-state index is 6.17. The molecule has 2 aliphatic heterocycles. The van der Waals surface area contributed by atoms with Crippen molar-refractivity contribution in [3.63, 3.8) is 0 Å². The van der Waals surface area contributed by atoms with Crippen molar-refractivity contribution in [1.82, 2.24) is 15.5 Å². The van der Waals surface area contributed by atoms with Crippen LogP contribution in [0, 0.1) is 5.41 Å². The minimum absolute atomic E-state index is 0.328. The Balaban J connectivity index is 1.56. The Morgan fingerprint density at radius 3 is 2.61 bits per heavy atom. The zero-order valence-corrected chi connectivity index (χ0v) is 14.4. The molecule has 0 aromatic rings. The van der Waals surface area contributed by atoms with Crippen molar-refractivity contribution in [2.45, 2.75) is 69.9 Å². The maximum Gasteiger partial charge on any atom is 0.194 e. The second-order valence-electron chi connectivity index (χ2n) is 8.09. The Kier molecular flexibility index (Phi) is 4.00. The number of likely N-dealkylation sites (tertiary alicyclic amines) is 1. The first-order valence-corrected chi connectivity index (χ1v) is 9.45. The second kappa shape index (κ2) is 6.00. The maximum atomic E-state index is 6.17. The third kappa shape index (κ3) is 2.84. The Morgan fingerprint density at radius 2 is 1.87 bits per heavy atom. The van der Waals surface area contributed by atoms with E-state index in [2.05, 4.69) is 22.6 Å². The molecule has 2 heterocycles. The van der Waals surface area contributed by atoms with Crippen LogP contribution >= 0.6 is 0 Å². The van der Waals surface area contributed by atoms with Crippen molar-refractivity contribution in [2.24, 2.45) is 16.1 Å². The number of aliphatic imine (C=N–C) groups is 1. The van der Waals surface area contributed by atoms with Gasteiger partial charge < -0.3 is 21.3 Å². The van der Waals surface area contributed by atoms with Crippen LogP contribution in [0.5, 0.6) is 0 Å². The van der Waals surface area contributed by atoms with Gasteiger partial charge in [0.05, 0.1) is 6.04 Å². The van der Waals surface area contributed by atoms with Gasteiger partial charge in [0.15, 0.2) is 5.96 Å². The third-order valence-corrected chi connectivity index (χ3v) is 6.54. The highest BCUT2D eigenvalue weighted by atomic mass is 15.2. The first-order chi connectivity index (χ1) is 11.2. The van der Waals surface area contributed by atoms with Gasteiger partial charge in [-0.2, -0.15) is 0 Å². The van der Waals surface area contributed by atoms with Crippen LogP contribution in [0.3, 0.4) is 0 Å². The van der Waals surface area contributed by atoms with E-state index in [0.717, 1.165) is 0 Å². The lowest BCUT2D eigenvalue weighted by Gasteiger charge is -2.44. The number of piperidine rings is 1. The molecule has 3 fully saturated rings. The van der Waals surface area contributed by atoms with E-state index in [9.17, 15) is 0 Å². The summed E-state index contributed by atoms with van der Waals surface area (Å²) in [7, 11) is 2.21. The molecule has 0 aromatic carbocycles. The van der Waals surface area contributed by atoms with Crippen LogP contribution in [0.1, 0.15) is 57.8 Å². The number of guanidine groups is 1. The molecule has 0 aromatic heterocycles. The smallest absolute Gasteiger partial charge is 0.194 e. The number of nitrogens with zero attached hydrogens (tertiary/aromatic N) is 2. The zero-order chi connectivity index (χ0) is 15.9. The molecule has 5 nitrogen and oxygen atoms in total. The number of hydrogen-bond donors (Lipinski definition) is 3. The molecule has 1 atom stereocenters. The number of nitrogens with two attached hydrogens (primary N) is 1. The van der Waals surface area contributed by atoms with Gasteiger partial charge in [0.25, 0.3) is 0 Å². The number of rotatable bonds is 2. The summed E-state index contributed by atoms with van der Waals surface area (Å²) in [5, 5.41) is 7.16. The van der Waals surface area contributed by atoms with Gasteiger partial charge >= 0.3 is 0 Å². The highest BCUT2D eigenvalue weighted by molar-refractivity contribution is 5.81. The Labute approximate surface area is 139 Å². The molecular weight excluding hydrogens is 286 g/mol. The van der Waals surface area contributed by atoms with Gasteiger partial charge in [0.2, 0.25) is 0 Å². The molecule has 23 heavy (non-hydrogen) atoms. The second-order valence-corrected chi connectivity index (χ2v) is 8.09. The van der Waals surface area contributed by atoms with E-state index in [4.69, 9.17) is 10.7 Å². The summed E-state index contributed by atoms with van der Waals surface area (Å²) in [6.07, 6.45) is 11.6. The van der Waals surface area contributed by atoms with Crippen molar-refractivity contribution >= 4 is 5.96 Å². The Morgan fingerprint density at radius 1 is 1.17 bits per heavy atom. The first-order valence-electron chi connectivity index (χ1n) is 9.45. The van der Waals surface area contributed by atoms with E-state index in [-0.39, 0.29) is 0 Å². The van der Waals surface area contributed by atoms with Gasteiger partial charge in [0.1, 0.15) is 5.82 Å². The zero-order valence-electron chi connectivity index (χ0n) is 14.4. The van der Waals surface area contributed by atoms with Gasteiger partial charge in [-0.3, -0.25) is 0 Å². The van der Waals surface area contributed by atoms with Crippen LogP contribution in [0.15, 0.2) is 16.4 Å². The molecule has 4 aliphatic rings. The molecule has 1 unspecified atom stereocenters.